The van der Waals surface area contributed by atoms with Crippen LogP contribution in [0, 0.1) is 0 Å². The Bertz CT molecular complexity index is 592. The summed E-state index contributed by atoms with van der Waals surface area (Å²) in [7, 11) is -3.43. The van der Waals surface area contributed by atoms with Crippen LogP contribution in [-0.4, -0.2) is 26.4 Å². The zero-order chi connectivity index (χ0) is 14.8. The predicted molar refractivity (Wildman–Crippen MR) is 75.3 cm³/mol. The zero-order valence-corrected chi connectivity index (χ0v) is 12.2. The first-order valence-corrected chi connectivity index (χ1v) is 8.01. The van der Waals surface area contributed by atoms with Gasteiger partial charge in [0.25, 0.3) is 0 Å². The molecule has 1 aromatic carbocycles. The topological polar surface area (TPSA) is 101 Å². The van der Waals surface area contributed by atoms with Crippen molar-refractivity contribution >= 4 is 15.9 Å². The highest BCUT2D eigenvalue weighted by atomic mass is 32.2. The van der Waals surface area contributed by atoms with E-state index in [9.17, 15) is 13.2 Å². The number of sulfonamides is 1. The van der Waals surface area contributed by atoms with Gasteiger partial charge in [-0.15, -0.1) is 0 Å². The van der Waals surface area contributed by atoms with Crippen molar-refractivity contribution in [2.75, 3.05) is 6.54 Å². The molecule has 0 spiro atoms. The first kappa shape index (κ1) is 15.0. The van der Waals surface area contributed by atoms with Crippen LogP contribution in [0.3, 0.4) is 0 Å². The Morgan fingerprint density at radius 2 is 1.90 bits per heavy atom. The van der Waals surface area contributed by atoms with Gasteiger partial charge in [-0.2, -0.15) is 0 Å². The van der Waals surface area contributed by atoms with Gasteiger partial charge in [-0.1, -0.05) is 19.1 Å². The number of nitrogens with two attached hydrogens (primary N) is 1. The van der Waals surface area contributed by atoms with E-state index in [-0.39, 0.29) is 10.8 Å². The van der Waals surface area contributed by atoms with E-state index in [0.717, 1.165) is 18.4 Å². The minimum atomic E-state index is -3.43. The van der Waals surface area contributed by atoms with Crippen molar-refractivity contribution < 1.29 is 13.2 Å². The van der Waals surface area contributed by atoms with Crippen molar-refractivity contribution in [2.24, 2.45) is 5.73 Å². The lowest BCUT2D eigenvalue weighted by Crippen LogP contribution is -2.42. The average Bonchev–Trinajstić information content (AvgIpc) is 3.16. The van der Waals surface area contributed by atoms with Crippen LogP contribution in [0.25, 0.3) is 0 Å². The molecule has 110 valence electrons. The third kappa shape index (κ3) is 3.36. The predicted octanol–water partition coefficient (Wildman–Crippen LogP) is 0.0923. The Morgan fingerprint density at radius 3 is 2.40 bits per heavy atom. The molecule has 0 aliphatic heterocycles. The zero-order valence-electron chi connectivity index (χ0n) is 11.3. The van der Waals surface area contributed by atoms with Crippen molar-refractivity contribution in [3.63, 3.8) is 0 Å². The van der Waals surface area contributed by atoms with E-state index in [1.165, 1.54) is 12.1 Å². The molecule has 1 amide bonds. The molecule has 0 saturated heterocycles. The van der Waals surface area contributed by atoms with Crippen LogP contribution in [0.1, 0.15) is 25.3 Å². The second kappa shape index (κ2) is 5.51. The molecule has 7 heteroatoms. The third-order valence-corrected chi connectivity index (χ3v) is 4.82. The van der Waals surface area contributed by atoms with Crippen molar-refractivity contribution in [3.05, 3.63) is 29.8 Å². The number of rotatable bonds is 6. The highest BCUT2D eigenvalue weighted by molar-refractivity contribution is 7.89. The fraction of sp³-hybridized carbons (Fsp3) is 0.462. The highest BCUT2D eigenvalue weighted by Crippen LogP contribution is 2.32. The maximum Gasteiger partial charge on any atom is 0.240 e. The first-order valence-electron chi connectivity index (χ1n) is 6.53. The second-order valence-electron chi connectivity index (χ2n) is 4.98. The molecular weight excluding hydrogens is 278 g/mol. The van der Waals surface area contributed by atoms with Gasteiger partial charge in [0.15, 0.2) is 0 Å². The number of carbonyl (C=O) groups is 1. The molecule has 0 aromatic heterocycles. The molecule has 6 nitrogen and oxygen atoms in total. The van der Waals surface area contributed by atoms with Gasteiger partial charge < -0.3 is 11.1 Å². The molecule has 2 rings (SSSR count). The highest BCUT2D eigenvalue weighted by Gasteiger charge is 2.45. The molecule has 0 bridgehead atoms. The first-order chi connectivity index (χ1) is 9.37. The summed E-state index contributed by atoms with van der Waals surface area (Å²) in [6.45, 7) is 2.42. The van der Waals surface area contributed by atoms with Crippen molar-refractivity contribution in [3.8, 4) is 0 Å². The van der Waals surface area contributed by atoms with Gasteiger partial charge in [0.1, 0.15) is 0 Å². The van der Waals surface area contributed by atoms with E-state index in [0.29, 0.717) is 13.1 Å². The summed E-state index contributed by atoms with van der Waals surface area (Å²) in [5.74, 6) is -0.151. The van der Waals surface area contributed by atoms with Gasteiger partial charge in [-0.05, 0) is 30.5 Å². The van der Waals surface area contributed by atoms with Crippen molar-refractivity contribution in [2.45, 2.75) is 36.7 Å². The number of carbonyl (C=O) groups excluding carboxylic acids is 1. The van der Waals surface area contributed by atoms with E-state index in [4.69, 9.17) is 5.73 Å². The van der Waals surface area contributed by atoms with Gasteiger partial charge in [-0.25, -0.2) is 13.1 Å². The van der Waals surface area contributed by atoms with Gasteiger partial charge >= 0.3 is 0 Å². The van der Waals surface area contributed by atoms with E-state index in [1.807, 2.05) is 0 Å². The van der Waals surface area contributed by atoms with Crippen LogP contribution >= 0.6 is 0 Å². The molecule has 1 aliphatic carbocycles. The summed E-state index contributed by atoms with van der Waals surface area (Å²) in [5.41, 5.74) is 5.91. The van der Waals surface area contributed by atoms with Crippen LogP contribution in [-0.2, 0) is 21.4 Å². The van der Waals surface area contributed by atoms with Gasteiger partial charge in [0.2, 0.25) is 15.9 Å². The molecule has 1 aromatic rings. The summed E-state index contributed by atoms with van der Waals surface area (Å²) < 4.78 is 25.9. The fourth-order valence-corrected chi connectivity index (χ4v) is 2.82. The lowest BCUT2D eigenvalue weighted by molar-refractivity contribution is -0.123. The van der Waals surface area contributed by atoms with Crippen LogP contribution < -0.4 is 15.8 Å². The average molecular weight is 297 g/mol. The van der Waals surface area contributed by atoms with Crippen LogP contribution in [0.4, 0.5) is 0 Å². The number of hydrogen-bond acceptors (Lipinski definition) is 4. The lowest BCUT2D eigenvalue weighted by Gasteiger charge is -2.10. The van der Waals surface area contributed by atoms with E-state index < -0.39 is 15.6 Å². The smallest absolute Gasteiger partial charge is 0.240 e. The molecule has 1 aliphatic rings. The van der Waals surface area contributed by atoms with Crippen molar-refractivity contribution in [1.29, 1.82) is 0 Å². The lowest BCUT2D eigenvalue weighted by atomic mass is 10.2. The Balaban J connectivity index is 1.96. The molecule has 1 fully saturated rings. The minimum absolute atomic E-state index is 0.151. The quantitative estimate of drug-likeness (QED) is 0.692. The van der Waals surface area contributed by atoms with Crippen LogP contribution in [0.15, 0.2) is 29.2 Å². The Kier molecular flexibility index (Phi) is 4.12. The Morgan fingerprint density at radius 1 is 1.30 bits per heavy atom. The van der Waals surface area contributed by atoms with E-state index in [1.54, 1.807) is 19.1 Å². The summed E-state index contributed by atoms with van der Waals surface area (Å²) in [6, 6.07) is 6.41. The SMILES string of the molecule is CCNS(=O)(=O)c1ccc(CNC(=O)C2(N)CC2)cc1. The summed E-state index contributed by atoms with van der Waals surface area (Å²) >= 11 is 0. The van der Waals surface area contributed by atoms with Gasteiger partial charge in [-0.3, -0.25) is 4.79 Å². The minimum Gasteiger partial charge on any atom is -0.350 e. The third-order valence-electron chi connectivity index (χ3n) is 3.26. The molecule has 0 heterocycles. The molecule has 20 heavy (non-hydrogen) atoms. The standard InChI is InChI=1S/C13H19N3O3S/c1-2-16-20(18,19)11-5-3-10(4-6-11)9-15-12(17)13(14)7-8-13/h3-6,16H,2,7-9,14H2,1H3,(H,15,17). The Labute approximate surface area is 118 Å². The molecule has 0 radical (unpaired) electrons. The summed E-state index contributed by atoms with van der Waals surface area (Å²) in [5, 5.41) is 2.76. The van der Waals surface area contributed by atoms with Crippen LogP contribution in [0.5, 0.6) is 0 Å². The van der Waals surface area contributed by atoms with E-state index in [2.05, 4.69) is 10.0 Å². The van der Waals surface area contributed by atoms with E-state index >= 15 is 0 Å². The largest absolute Gasteiger partial charge is 0.350 e. The van der Waals surface area contributed by atoms with Gasteiger partial charge in [0, 0.05) is 13.1 Å². The Hall–Kier alpha value is -1.44. The molecule has 1 saturated carbocycles. The maximum atomic E-state index is 11.8. The number of nitrogens with one attached hydrogen (secondary N) is 2. The molecular formula is C13H19N3O3S. The normalized spacial score (nSPS) is 16.7. The molecule has 0 unspecified atom stereocenters. The number of hydrogen-bond donors (Lipinski definition) is 3. The summed E-state index contributed by atoms with van der Waals surface area (Å²) in [4.78, 5) is 11.9. The monoisotopic (exact) mass is 297 g/mol. The second-order valence-corrected chi connectivity index (χ2v) is 6.75. The number of benzene rings is 1. The maximum absolute atomic E-state index is 11.8. The van der Waals surface area contributed by atoms with Gasteiger partial charge in [0.05, 0.1) is 10.4 Å². The van der Waals surface area contributed by atoms with Crippen LogP contribution in [0.2, 0.25) is 0 Å². The molecule has 4 N–H and O–H groups in total. The fourth-order valence-electron chi connectivity index (χ4n) is 1.78. The van der Waals surface area contributed by atoms with Crippen molar-refractivity contribution in [1.82, 2.24) is 10.0 Å². The number of amides is 1. The molecule has 0 atom stereocenters. The summed E-state index contributed by atoms with van der Waals surface area (Å²) in [6.07, 6.45) is 1.44.